The van der Waals surface area contributed by atoms with Crippen LogP contribution in [0.25, 0.3) is 11.4 Å². The Balaban J connectivity index is 2.54. The van der Waals surface area contributed by atoms with E-state index >= 15 is 0 Å². The third-order valence-electron chi connectivity index (χ3n) is 1.85. The molecule has 0 saturated carbocycles. The van der Waals surface area contributed by atoms with E-state index in [4.69, 9.17) is 11.5 Å². The van der Waals surface area contributed by atoms with E-state index < -0.39 is 0 Å². The van der Waals surface area contributed by atoms with Crippen molar-refractivity contribution in [2.45, 2.75) is 0 Å². The van der Waals surface area contributed by atoms with Crippen molar-refractivity contribution in [1.29, 1.82) is 0 Å². The third-order valence-corrected chi connectivity index (χ3v) is 2.46. The summed E-state index contributed by atoms with van der Waals surface area (Å²) < 4.78 is 13.3. The number of aromatic nitrogens is 3. The van der Waals surface area contributed by atoms with Crippen LogP contribution in [0.5, 0.6) is 0 Å². The molecule has 0 aliphatic carbocycles. The second-order valence-corrected chi connectivity index (χ2v) is 3.86. The molecular formula is C9H7BrFN5. The lowest BCUT2D eigenvalue weighted by Gasteiger charge is -2.03. The van der Waals surface area contributed by atoms with Crippen LogP contribution in [-0.4, -0.2) is 15.0 Å². The number of anilines is 2. The molecule has 0 aliphatic rings. The number of rotatable bonds is 1. The average molecular weight is 284 g/mol. The largest absolute Gasteiger partial charge is 0.368 e. The van der Waals surface area contributed by atoms with E-state index in [9.17, 15) is 4.39 Å². The molecule has 0 unspecified atom stereocenters. The molecule has 7 heteroatoms. The lowest BCUT2D eigenvalue weighted by atomic mass is 10.2. The Kier molecular flexibility index (Phi) is 2.69. The standard InChI is InChI=1S/C9H7BrFN5/c10-5-3-4(1-2-6(5)11)7-14-8(12)16-9(13)15-7/h1-3H,(H4,12,13,14,15,16). The first-order chi connectivity index (χ1) is 7.56. The molecular weight excluding hydrogens is 277 g/mol. The molecule has 2 aromatic rings. The second-order valence-electron chi connectivity index (χ2n) is 3.00. The van der Waals surface area contributed by atoms with E-state index in [0.29, 0.717) is 15.9 Å². The SMILES string of the molecule is Nc1nc(N)nc(-c2ccc(F)c(Br)c2)n1. The molecule has 5 nitrogen and oxygen atoms in total. The fourth-order valence-corrected chi connectivity index (χ4v) is 1.55. The predicted octanol–water partition coefficient (Wildman–Crippen LogP) is 1.60. The highest BCUT2D eigenvalue weighted by molar-refractivity contribution is 9.10. The van der Waals surface area contributed by atoms with Gasteiger partial charge in [0.15, 0.2) is 5.82 Å². The lowest BCUT2D eigenvalue weighted by molar-refractivity contribution is 0.621. The van der Waals surface area contributed by atoms with Crippen molar-refractivity contribution in [3.05, 3.63) is 28.5 Å². The van der Waals surface area contributed by atoms with Crippen molar-refractivity contribution in [2.24, 2.45) is 0 Å². The van der Waals surface area contributed by atoms with Crippen molar-refractivity contribution < 1.29 is 4.39 Å². The Morgan fingerprint density at radius 2 is 1.69 bits per heavy atom. The molecule has 0 spiro atoms. The highest BCUT2D eigenvalue weighted by atomic mass is 79.9. The zero-order valence-electron chi connectivity index (χ0n) is 7.98. The van der Waals surface area contributed by atoms with Gasteiger partial charge in [0.2, 0.25) is 11.9 Å². The van der Waals surface area contributed by atoms with Crippen LogP contribution in [0.4, 0.5) is 16.3 Å². The monoisotopic (exact) mass is 283 g/mol. The van der Waals surface area contributed by atoms with Gasteiger partial charge in [0.25, 0.3) is 0 Å². The highest BCUT2D eigenvalue weighted by Gasteiger charge is 2.07. The van der Waals surface area contributed by atoms with Gasteiger partial charge in [-0.15, -0.1) is 0 Å². The molecule has 1 heterocycles. The minimum absolute atomic E-state index is 0.0305. The Hall–Kier alpha value is -1.76. The minimum atomic E-state index is -0.362. The molecule has 16 heavy (non-hydrogen) atoms. The zero-order valence-corrected chi connectivity index (χ0v) is 9.57. The number of nitrogens with two attached hydrogens (primary N) is 2. The van der Waals surface area contributed by atoms with Crippen LogP contribution < -0.4 is 11.5 Å². The van der Waals surface area contributed by atoms with E-state index in [-0.39, 0.29) is 17.7 Å². The van der Waals surface area contributed by atoms with Gasteiger partial charge in [0.1, 0.15) is 5.82 Å². The molecule has 0 atom stereocenters. The molecule has 0 amide bonds. The van der Waals surface area contributed by atoms with E-state index in [2.05, 4.69) is 30.9 Å². The maximum absolute atomic E-state index is 13.0. The second kappa shape index (κ2) is 4.01. The first-order valence-corrected chi connectivity index (χ1v) is 5.08. The summed E-state index contributed by atoms with van der Waals surface area (Å²) in [5.74, 6) is 0.00958. The summed E-state index contributed by atoms with van der Waals surface area (Å²) in [6.07, 6.45) is 0. The molecule has 4 N–H and O–H groups in total. The smallest absolute Gasteiger partial charge is 0.225 e. The van der Waals surface area contributed by atoms with E-state index in [0.717, 1.165) is 0 Å². The summed E-state index contributed by atoms with van der Waals surface area (Å²) in [6, 6.07) is 4.38. The average Bonchev–Trinajstić information content (AvgIpc) is 2.20. The fraction of sp³-hybridized carbons (Fsp3) is 0. The molecule has 0 fully saturated rings. The molecule has 1 aromatic carbocycles. The first-order valence-electron chi connectivity index (χ1n) is 4.28. The fourth-order valence-electron chi connectivity index (χ4n) is 1.17. The van der Waals surface area contributed by atoms with Gasteiger partial charge in [-0.05, 0) is 34.1 Å². The molecule has 0 saturated heterocycles. The van der Waals surface area contributed by atoms with Gasteiger partial charge in [-0.25, -0.2) is 4.39 Å². The summed E-state index contributed by atoms with van der Waals surface area (Å²) in [6.45, 7) is 0. The van der Waals surface area contributed by atoms with E-state index in [1.54, 1.807) is 6.07 Å². The summed E-state index contributed by atoms with van der Waals surface area (Å²) >= 11 is 3.07. The van der Waals surface area contributed by atoms with Crippen LogP contribution in [0, 0.1) is 5.82 Å². The Morgan fingerprint density at radius 1 is 1.06 bits per heavy atom. The van der Waals surface area contributed by atoms with Crippen LogP contribution >= 0.6 is 15.9 Å². The van der Waals surface area contributed by atoms with Crippen molar-refractivity contribution in [2.75, 3.05) is 11.5 Å². The molecule has 0 bridgehead atoms. The van der Waals surface area contributed by atoms with Crippen molar-refractivity contribution in [1.82, 2.24) is 15.0 Å². The number of benzene rings is 1. The van der Waals surface area contributed by atoms with Gasteiger partial charge in [-0.2, -0.15) is 15.0 Å². The van der Waals surface area contributed by atoms with Crippen molar-refractivity contribution in [3.8, 4) is 11.4 Å². The van der Waals surface area contributed by atoms with Crippen LogP contribution in [0.1, 0.15) is 0 Å². The highest BCUT2D eigenvalue weighted by Crippen LogP contribution is 2.23. The maximum Gasteiger partial charge on any atom is 0.225 e. The quantitative estimate of drug-likeness (QED) is 0.830. The Morgan fingerprint density at radius 3 is 2.25 bits per heavy atom. The third kappa shape index (κ3) is 2.08. The number of halogens is 2. The summed E-state index contributed by atoms with van der Waals surface area (Å²) in [7, 11) is 0. The molecule has 1 aromatic heterocycles. The van der Waals surface area contributed by atoms with Gasteiger partial charge in [-0.1, -0.05) is 0 Å². The predicted molar refractivity (Wildman–Crippen MR) is 61.7 cm³/mol. The minimum Gasteiger partial charge on any atom is -0.368 e. The van der Waals surface area contributed by atoms with Gasteiger partial charge in [-0.3, -0.25) is 0 Å². The van der Waals surface area contributed by atoms with Crippen LogP contribution in [0.15, 0.2) is 22.7 Å². The summed E-state index contributed by atoms with van der Waals surface area (Å²) in [4.78, 5) is 11.5. The first kappa shape index (κ1) is 10.7. The van der Waals surface area contributed by atoms with Gasteiger partial charge >= 0.3 is 0 Å². The number of nitrogen functional groups attached to an aromatic ring is 2. The van der Waals surface area contributed by atoms with Crippen molar-refractivity contribution in [3.63, 3.8) is 0 Å². The molecule has 82 valence electrons. The number of nitrogens with zero attached hydrogens (tertiary/aromatic N) is 3. The van der Waals surface area contributed by atoms with Gasteiger partial charge in [0.05, 0.1) is 4.47 Å². The van der Waals surface area contributed by atoms with Crippen LogP contribution in [0.2, 0.25) is 0 Å². The van der Waals surface area contributed by atoms with Gasteiger partial charge < -0.3 is 11.5 Å². The van der Waals surface area contributed by atoms with E-state index in [1.165, 1.54) is 12.1 Å². The van der Waals surface area contributed by atoms with Crippen LogP contribution in [0.3, 0.4) is 0 Å². The van der Waals surface area contributed by atoms with Crippen molar-refractivity contribution >= 4 is 27.8 Å². The summed E-state index contributed by atoms with van der Waals surface area (Å²) in [5.41, 5.74) is 11.5. The normalized spacial score (nSPS) is 10.4. The zero-order chi connectivity index (χ0) is 11.7. The molecule has 0 aliphatic heterocycles. The Labute approximate surface area is 98.9 Å². The lowest BCUT2D eigenvalue weighted by Crippen LogP contribution is -2.04. The number of hydrogen-bond acceptors (Lipinski definition) is 5. The van der Waals surface area contributed by atoms with Gasteiger partial charge in [0, 0.05) is 5.56 Å². The topological polar surface area (TPSA) is 90.7 Å². The number of hydrogen-bond donors (Lipinski definition) is 2. The Bertz CT molecular complexity index is 525. The summed E-state index contributed by atoms with van der Waals surface area (Å²) in [5, 5.41) is 0. The maximum atomic E-state index is 13.0. The van der Waals surface area contributed by atoms with Crippen LogP contribution in [-0.2, 0) is 0 Å². The van der Waals surface area contributed by atoms with E-state index in [1.807, 2.05) is 0 Å². The molecule has 0 radical (unpaired) electrons. The molecule has 2 rings (SSSR count).